The van der Waals surface area contributed by atoms with Gasteiger partial charge < -0.3 is 20.3 Å². The number of nitrogens with one attached hydrogen (secondary N) is 2. The molecule has 0 aromatic heterocycles. The van der Waals surface area contributed by atoms with E-state index in [1.54, 1.807) is 0 Å². The minimum Gasteiger partial charge on any atom is -0.492 e. The van der Waals surface area contributed by atoms with Crippen molar-refractivity contribution in [2.45, 2.75) is 33.2 Å². The van der Waals surface area contributed by atoms with Crippen molar-refractivity contribution in [3.63, 3.8) is 0 Å². The van der Waals surface area contributed by atoms with E-state index in [0.29, 0.717) is 13.2 Å². The van der Waals surface area contributed by atoms with Gasteiger partial charge >= 0.3 is 0 Å². The second kappa shape index (κ2) is 11.8. The Morgan fingerprint density at radius 3 is 2.65 bits per heavy atom. The zero-order valence-electron chi connectivity index (χ0n) is 15.1. The van der Waals surface area contributed by atoms with E-state index in [-0.39, 0.29) is 0 Å². The first-order valence-electron chi connectivity index (χ1n) is 8.55. The fourth-order valence-corrected chi connectivity index (χ4v) is 2.00. The SMILES string of the molecule is CCCCNC(=NCc1ccccc1OCCN(C)C)NCC. The first-order chi connectivity index (χ1) is 11.2. The van der Waals surface area contributed by atoms with Crippen molar-refractivity contribution < 1.29 is 4.74 Å². The summed E-state index contributed by atoms with van der Waals surface area (Å²) >= 11 is 0. The maximum atomic E-state index is 5.89. The third-order valence-corrected chi connectivity index (χ3v) is 3.34. The lowest BCUT2D eigenvalue weighted by Crippen LogP contribution is -2.37. The predicted octanol–water partition coefficient (Wildman–Crippen LogP) is 2.48. The van der Waals surface area contributed by atoms with Gasteiger partial charge in [0.15, 0.2) is 5.96 Å². The lowest BCUT2D eigenvalue weighted by Gasteiger charge is -2.14. The van der Waals surface area contributed by atoms with Crippen molar-refractivity contribution in [2.24, 2.45) is 4.99 Å². The van der Waals surface area contributed by atoms with Gasteiger partial charge in [-0.1, -0.05) is 31.5 Å². The standard InChI is InChI=1S/C18H32N4O/c1-5-7-12-20-18(19-6-2)21-15-16-10-8-9-11-17(16)23-14-13-22(3)4/h8-11H,5-7,12-15H2,1-4H3,(H2,19,20,21). The van der Waals surface area contributed by atoms with Crippen molar-refractivity contribution in [1.82, 2.24) is 15.5 Å². The first kappa shape index (κ1) is 19.3. The smallest absolute Gasteiger partial charge is 0.191 e. The molecule has 5 heteroatoms. The van der Waals surface area contributed by atoms with E-state index in [4.69, 9.17) is 4.74 Å². The average Bonchev–Trinajstić information content (AvgIpc) is 2.53. The second-order valence-electron chi connectivity index (χ2n) is 5.73. The van der Waals surface area contributed by atoms with E-state index in [9.17, 15) is 0 Å². The van der Waals surface area contributed by atoms with E-state index in [2.05, 4.69) is 40.4 Å². The highest BCUT2D eigenvalue weighted by atomic mass is 16.5. The van der Waals surface area contributed by atoms with Crippen LogP contribution in [0.2, 0.25) is 0 Å². The minimum absolute atomic E-state index is 0.611. The Labute approximate surface area is 141 Å². The van der Waals surface area contributed by atoms with E-state index in [1.165, 1.54) is 6.42 Å². The molecular formula is C18H32N4O. The van der Waals surface area contributed by atoms with E-state index in [1.807, 2.05) is 32.3 Å². The highest BCUT2D eigenvalue weighted by molar-refractivity contribution is 5.79. The van der Waals surface area contributed by atoms with Crippen LogP contribution in [0.4, 0.5) is 0 Å². The molecule has 23 heavy (non-hydrogen) atoms. The molecule has 5 nitrogen and oxygen atoms in total. The minimum atomic E-state index is 0.611. The van der Waals surface area contributed by atoms with Crippen LogP contribution < -0.4 is 15.4 Å². The number of nitrogens with zero attached hydrogens (tertiary/aromatic N) is 2. The van der Waals surface area contributed by atoms with Gasteiger partial charge in [0.1, 0.15) is 12.4 Å². The molecule has 1 aromatic carbocycles. The van der Waals surface area contributed by atoms with Gasteiger partial charge in [0, 0.05) is 25.2 Å². The van der Waals surface area contributed by atoms with Gasteiger partial charge in [-0.3, -0.25) is 0 Å². The Kier molecular flexibility index (Phi) is 9.87. The summed E-state index contributed by atoms with van der Waals surface area (Å²) in [6.45, 7) is 8.27. The van der Waals surface area contributed by atoms with Gasteiger partial charge in [0.25, 0.3) is 0 Å². The fourth-order valence-electron chi connectivity index (χ4n) is 2.00. The second-order valence-corrected chi connectivity index (χ2v) is 5.73. The lowest BCUT2D eigenvalue weighted by atomic mass is 10.2. The number of unbranched alkanes of at least 4 members (excludes halogenated alkanes) is 1. The Morgan fingerprint density at radius 1 is 1.17 bits per heavy atom. The fraction of sp³-hybridized carbons (Fsp3) is 0.611. The molecule has 1 aromatic rings. The molecule has 2 N–H and O–H groups in total. The van der Waals surface area contributed by atoms with E-state index < -0.39 is 0 Å². The molecule has 0 saturated carbocycles. The molecule has 0 fully saturated rings. The molecule has 0 atom stereocenters. The molecule has 0 saturated heterocycles. The van der Waals surface area contributed by atoms with Crippen LogP contribution in [0.15, 0.2) is 29.3 Å². The van der Waals surface area contributed by atoms with Gasteiger partial charge in [-0.05, 0) is 33.5 Å². The first-order valence-corrected chi connectivity index (χ1v) is 8.55. The maximum Gasteiger partial charge on any atom is 0.191 e. The Balaban J connectivity index is 2.63. The number of hydrogen-bond acceptors (Lipinski definition) is 3. The number of ether oxygens (including phenoxy) is 1. The summed E-state index contributed by atoms with van der Waals surface area (Å²) in [6, 6.07) is 8.12. The molecule has 0 aliphatic carbocycles. The van der Waals surface area contributed by atoms with Gasteiger partial charge in [0.2, 0.25) is 0 Å². The van der Waals surface area contributed by atoms with Gasteiger partial charge in [-0.2, -0.15) is 0 Å². The van der Waals surface area contributed by atoms with Crippen molar-refractivity contribution in [2.75, 3.05) is 40.3 Å². The lowest BCUT2D eigenvalue weighted by molar-refractivity contribution is 0.259. The summed E-state index contributed by atoms with van der Waals surface area (Å²) in [5, 5.41) is 6.64. The maximum absolute atomic E-state index is 5.89. The number of rotatable bonds is 10. The number of likely N-dealkylation sites (N-methyl/N-ethyl adjacent to an activating group) is 1. The molecule has 0 aliphatic heterocycles. The van der Waals surface area contributed by atoms with Crippen molar-refractivity contribution in [1.29, 1.82) is 0 Å². The third-order valence-electron chi connectivity index (χ3n) is 3.34. The molecule has 130 valence electrons. The van der Waals surface area contributed by atoms with Crippen LogP contribution in [0.3, 0.4) is 0 Å². The van der Waals surface area contributed by atoms with Crippen LogP contribution in [-0.4, -0.2) is 51.2 Å². The average molecular weight is 320 g/mol. The van der Waals surface area contributed by atoms with Crippen LogP contribution in [0.5, 0.6) is 5.75 Å². The van der Waals surface area contributed by atoms with Gasteiger partial charge in [0.05, 0.1) is 6.54 Å². The normalized spacial score (nSPS) is 11.6. The number of guanidine groups is 1. The highest BCUT2D eigenvalue weighted by Gasteiger charge is 2.04. The molecule has 0 spiro atoms. The molecule has 0 aliphatic rings. The number of benzene rings is 1. The van der Waals surface area contributed by atoms with Crippen LogP contribution in [0, 0.1) is 0 Å². The highest BCUT2D eigenvalue weighted by Crippen LogP contribution is 2.18. The number of para-hydroxylation sites is 1. The van der Waals surface area contributed by atoms with Crippen molar-refractivity contribution >= 4 is 5.96 Å². The van der Waals surface area contributed by atoms with Gasteiger partial charge in [-0.15, -0.1) is 0 Å². The Hall–Kier alpha value is -1.75. The summed E-state index contributed by atoms with van der Waals surface area (Å²) in [7, 11) is 4.09. The molecule has 0 amide bonds. The Morgan fingerprint density at radius 2 is 1.96 bits per heavy atom. The summed E-state index contributed by atoms with van der Waals surface area (Å²) in [6.07, 6.45) is 2.32. The van der Waals surface area contributed by atoms with Crippen molar-refractivity contribution in [3.05, 3.63) is 29.8 Å². The number of aliphatic imine (C=N–C) groups is 1. The van der Waals surface area contributed by atoms with E-state index in [0.717, 1.165) is 43.3 Å². The van der Waals surface area contributed by atoms with Crippen molar-refractivity contribution in [3.8, 4) is 5.75 Å². The van der Waals surface area contributed by atoms with Gasteiger partial charge in [-0.25, -0.2) is 4.99 Å². The van der Waals surface area contributed by atoms with Crippen LogP contribution in [0.1, 0.15) is 32.3 Å². The quantitative estimate of drug-likeness (QED) is 0.395. The van der Waals surface area contributed by atoms with Crippen LogP contribution in [0.25, 0.3) is 0 Å². The van der Waals surface area contributed by atoms with E-state index >= 15 is 0 Å². The molecule has 1 rings (SSSR count). The molecule has 0 unspecified atom stereocenters. The predicted molar refractivity (Wildman–Crippen MR) is 98.2 cm³/mol. The molecule has 0 bridgehead atoms. The Bertz CT molecular complexity index is 460. The topological polar surface area (TPSA) is 48.9 Å². The largest absolute Gasteiger partial charge is 0.492 e. The zero-order valence-corrected chi connectivity index (χ0v) is 15.1. The molecule has 0 radical (unpaired) electrons. The third kappa shape index (κ3) is 8.45. The summed E-state index contributed by atoms with van der Waals surface area (Å²) in [5.41, 5.74) is 1.11. The summed E-state index contributed by atoms with van der Waals surface area (Å²) in [5.74, 6) is 1.78. The van der Waals surface area contributed by atoms with Crippen LogP contribution >= 0.6 is 0 Å². The molecule has 0 heterocycles. The summed E-state index contributed by atoms with van der Waals surface area (Å²) in [4.78, 5) is 6.78. The summed E-state index contributed by atoms with van der Waals surface area (Å²) < 4.78 is 5.89. The monoisotopic (exact) mass is 320 g/mol. The number of hydrogen-bond donors (Lipinski definition) is 2. The zero-order chi connectivity index (χ0) is 16.9. The molecular weight excluding hydrogens is 288 g/mol. The van der Waals surface area contributed by atoms with Crippen LogP contribution in [-0.2, 0) is 6.54 Å².